The van der Waals surface area contributed by atoms with Gasteiger partial charge in [-0.15, -0.1) is 0 Å². The van der Waals surface area contributed by atoms with Crippen LogP contribution in [0.15, 0.2) is 53.6 Å². The van der Waals surface area contributed by atoms with Crippen LogP contribution in [0.1, 0.15) is 15.9 Å². The first-order valence-electron chi connectivity index (χ1n) is 6.56. The van der Waals surface area contributed by atoms with Crippen molar-refractivity contribution in [2.24, 2.45) is 0 Å². The molecule has 0 amide bonds. The van der Waals surface area contributed by atoms with Gasteiger partial charge < -0.3 is 14.8 Å². The quantitative estimate of drug-likeness (QED) is 0.770. The summed E-state index contributed by atoms with van der Waals surface area (Å²) in [6.07, 6.45) is 1.37. The van der Waals surface area contributed by atoms with Crippen molar-refractivity contribution in [1.82, 2.24) is 9.97 Å². The molecule has 0 bridgehead atoms. The Hall–Kier alpha value is -3.15. The molecule has 6 nitrogen and oxygen atoms in total. The SMILES string of the molecule is O=C(O)c1ccc(OCc2ccc3nc[nH]c(=O)c3c2)cc1. The lowest BCUT2D eigenvalue weighted by Crippen LogP contribution is -2.07. The number of nitrogens with zero attached hydrogens (tertiary/aromatic N) is 1. The summed E-state index contributed by atoms with van der Waals surface area (Å²) >= 11 is 0. The molecule has 1 heterocycles. The molecule has 1 aromatic heterocycles. The van der Waals surface area contributed by atoms with Crippen molar-refractivity contribution in [3.05, 3.63) is 70.3 Å². The van der Waals surface area contributed by atoms with E-state index >= 15 is 0 Å². The van der Waals surface area contributed by atoms with E-state index in [-0.39, 0.29) is 17.7 Å². The van der Waals surface area contributed by atoms with Gasteiger partial charge in [0.05, 0.1) is 22.8 Å². The Morgan fingerprint density at radius 1 is 1.18 bits per heavy atom. The van der Waals surface area contributed by atoms with E-state index in [0.29, 0.717) is 16.7 Å². The van der Waals surface area contributed by atoms with Crippen molar-refractivity contribution >= 4 is 16.9 Å². The predicted molar refractivity (Wildman–Crippen MR) is 80.1 cm³/mol. The summed E-state index contributed by atoms with van der Waals surface area (Å²) in [5.41, 5.74) is 1.46. The zero-order chi connectivity index (χ0) is 15.5. The Morgan fingerprint density at radius 2 is 1.95 bits per heavy atom. The number of rotatable bonds is 4. The molecule has 2 aromatic carbocycles. The Labute approximate surface area is 125 Å². The predicted octanol–water partition coefficient (Wildman–Crippen LogP) is 2.20. The van der Waals surface area contributed by atoms with Gasteiger partial charge in [0.1, 0.15) is 12.4 Å². The van der Waals surface area contributed by atoms with E-state index < -0.39 is 5.97 Å². The van der Waals surface area contributed by atoms with E-state index in [1.807, 2.05) is 6.07 Å². The number of fused-ring (bicyclic) bond motifs is 1. The van der Waals surface area contributed by atoms with Gasteiger partial charge in [-0.3, -0.25) is 4.79 Å². The number of aromatic carboxylic acids is 1. The van der Waals surface area contributed by atoms with E-state index in [4.69, 9.17) is 9.84 Å². The molecule has 0 aliphatic heterocycles. The third-order valence-electron chi connectivity index (χ3n) is 3.21. The number of hydrogen-bond donors (Lipinski definition) is 2. The van der Waals surface area contributed by atoms with Crippen molar-refractivity contribution in [3.8, 4) is 5.75 Å². The van der Waals surface area contributed by atoms with Crippen LogP contribution in [0.3, 0.4) is 0 Å². The van der Waals surface area contributed by atoms with E-state index in [1.54, 1.807) is 24.3 Å². The molecule has 110 valence electrons. The first kappa shape index (κ1) is 13.8. The van der Waals surface area contributed by atoms with E-state index in [0.717, 1.165) is 5.56 Å². The monoisotopic (exact) mass is 296 g/mol. The van der Waals surface area contributed by atoms with Crippen LogP contribution in [0.25, 0.3) is 10.9 Å². The van der Waals surface area contributed by atoms with Crippen LogP contribution in [0.5, 0.6) is 5.75 Å². The number of aromatic nitrogens is 2. The fraction of sp³-hybridized carbons (Fsp3) is 0.0625. The maximum Gasteiger partial charge on any atom is 0.335 e. The Balaban J connectivity index is 1.77. The molecule has 0 saturated carbocycles. The highest BCUT2D eigenvalue weighted by atomic mass is 16.5. The summed E-state index contributed by atoms with van der Waals surface area (Å²) < 4.78 is 5.59. The summed E-state index contributed by atoms with van der Waals surface area (Å²) in [6, 6.07) is 11.5. The average molecular weight is 296 g/mol. The third-order valence-corrected chi connectivity index (χ3v) is 3.21. The van der Waals surface area contributed by atoms with Crippen molar-refractivity contribution in [1.29, 1.82) is 0 Å². The van der Waals surface area contributed by atoms with Crippen molar-refractivity contribution < 1.29 is 14.6 Å². The van der Waals surface area contributed by atoms with Gasteiger partial charge in [-0.2, -0.15) is 0 Å². The lowest BCUT2D eigenvalue weighted by molar-refractivity contribution is 0.0697. The second-order valence-electron chi connectivity index (χ2n) is 4.70. The number of nitrogens with one attached hydrogen (secondary N) is 1. The third kappa shape index (κ3) is 2.80. The van der Waals surface area contributed by atoms with Gasteiger partial charge in [0.2, 0.25) is 0 Å². The highest BCUT2D eigenvalue weighted by Gasteiger charge is 2.04. The highest BCUT2D eigenvalue weighted by molar-refractivity contribution is 5.87. The molecular formula is C16H12N2O4. The van der Waals surface area contributed by atoms with Crippen molar-refractivity contribution in [2.75, 3.05) is 0 Å². The fourth-order valence-electron chi connectivity index (χ4n) is 2.07. The van der Waals surface area contributed by atoms with Crippen molar-refractivity contribution in [2.45, 2.75) is 6.61 Å². The molecule has 3 rings (SSSR count). The van der Waals surface area contributed by atoms with Gasteiger partial charge in [0.25, 0.3) is 5.56 Å². The number of carboxylic acid groups (broad SMARTS) is 1. The summed E-state index contributed by atoms with van der Waals surface area (Å²) in [7, 11) is 0. The van der Waals surface area contributed by atoms with Crippen LogP contribution in [0.4, 0.5) is 0 Å². The number of H-pyrrole nitrogens is 1. The summed E-state index contributed by atoms with van der Waals surface area (Å²) in [5, 5.41) is 9.34. The van der Waals surface area contributed by atoms with Crippen LogP contribution in [-0.4, -0.2) is 21.0 Å². The minimum Gasteiger partial charge on any atom is -0.489 e. The van der Waals surface area contributed by atoms with Crippen LogP contribution < -0.4 is 10.3 Å². The van der Waals surface area contributed by atoms with E-state index in [1.165, 1.54) is 18.5 Å². The van der Waals surface area contributed by atoms with E-state index in [2.05, 4.69) is 9.97 Å². The molecule has 3 aromatic rings. The summed E-state index contributed by atoms with van der Waals surface area (Å²) in [4.78, 5) is 29.1. The minimum atomic E-state index is -0.979. The number of hydrogen-bond acceptors (Lipinski definition) is 4. The molecule has 0 saturated heterocycles. The summed E-state index contributed by atoms with van der Waals surface area (Å²) in [5.74, 6) is -0.419. The second-order valence-corrected chi connectivity index (χ2v) is 4.70. The molecule has 0 aliphatic rings. The number of carboxylic acids is 1. The van der Waals surface area contributed by atoms with Crippen LogP contribution in [-0.2, 0) is 6.61 Å². The highest BCUT2D eigenvalue weighted by Crippen LogP contribution is 2.16. The van der Waals surface area contributed by atoms with Crippen LogP contribution >= 0.6 is 0 Å². The summed E-state index contributed by atoms with van der Waals surface area (Å²) in [6.45, 7) is 0.274. The molecule has 0 spiro atoms. The molecule has 0 radical (unpaired) electrons. The number of benzene rings is 2. The largest absolute Gasteiger partial charge is 0.489 e. The van der Waals surface area contributed by atoms with Gasteiger partial charge in [-0.25, -0.2) is 9.78 Å². The van der Waals surface area contributed by atoms with Gasteiger partial charge in [-0.05, 0) is 42.0 Å². The topological polar surface area (TPSA) is 92.3 Å². The lowest BCUT2D eigenvalue weighted by atomic mass is 10.1. The van der Waals surface area contributed by atoms with Crippen molar-refractivity contribution in [3.63, 3.8) is 0 Å². The molecule has 6 heteroatoms. The normalized spacial score (nSPS) is 10.5. The number of carbonyl (C=O) groups is 1. The minimum absolute atomic E-state index is 0.197. The average Bonchev–Trinajstić information content (AvgIpc) is 2.54. The molecule has 0 aliphatic carbocycles. The Kier molecular flexibility index (Phi) is 3.57. The molecule has 2 N–H and O–H groups in total. The maximum atomic E-state index is 11.7. The van der Waals surface area contributed by atoms with Gasteiger partial charge >= 0.3 is 5.97 Å². The first-order valence-corrected chi connectivity index (χ1v) is 6.56. The van der Waals surface area contributed by atoms with Gasteiger partial charge in [-0.1, -0.05) is 6.07 Å². The molecule has 0 atom stereocenters. The maximum absolute atomic E-state index is 11.7. The first-order chi connectivity index (χ1) is 10.6. The molecule has 0 unspecified atom stereocenters. The van der Waals surface area contributed by atoms with E-state index in [9.17, 15) is 9.59 Å². The van der Waals surface area contributed by atoms with Gasteiger partial charge in [0, 0.05) is 0 Å². The van der Waals surface area contributed by atoms with Crippen LogP contribution in [0, 0.1) is 0 Å². The fourth-order valence-corrected chi connectivity index (χ4v) is 2.07. The van der Waals surface area contributed by atoms with Crippen LogP contribution in [0.2, 0.25) is 0 Å². The molecule has 0 fully saturated rings. The number of ether oxygens (including phenoxy) is 1. The molecule has 22 heavy (non-hydrogen) atoms. The molecular weight excluding hydrogens is 284 g/mol. The number of aromatic amines is 1. The zero-order valence-corrected chi connectivity index (χ0v) is 11.4. The zero-order valence-electron chi connectivity index (χ0n) is 11.4. The van der Waals surface area contributed by atoms with Gasteiger partial charge in [0.15, 0.2) is 0 Å². The lowest BCUT2D eigenvalue weighted by Gasteiger charge is -2.07. The standard InChI is InChI=1S/C16H12N2O4/c19-15-13-7-10(1-6-14(13)17-9-18-15)8-22-12-4-2-11(3-5-12)16(20)21/h1-7,9H,8H2,(H,20,21)(H,17,18,19). The smallest absolute Gasteiger partial charge is 0.335 e. The Morgan fingerprint density at radius 3 is 2.68 bits per heavy atom. The Bertz CT molecular complexity index is 885. The second kappa shape index (κ2) is 5.69.